The van der Waals surface area contributed by atoms with Crippen LogP contribution in [0, 0.1) is 6.92 Å². The van der Waals surface area contributed by atoms with Crippen molar-refractivity contribution in [1.29, 1.82) is 0 Å². The number of pyridine rings is 2. The van der Waals surface area contributed by atoms with Gasteiger partial charge in [-0.15, -0.1) is 0 Å². The monoisotopic (exact) mass is 336 g/mol. The van der Waals surface area contributed by atoms with Gasteiger partial charge in [0, 0.05) is 25.1 Å². The van der Waals surface area contributed by atoms with Crippen LogP contribution >= 0.6 is 0 Å². The number of amides is 1. The Morgan fingerprint density at radius 2 is 2.08 bits per heavy atom. The third-order valence-electron chi connectivity index (χ3n) is 4.52. The van der Waals surface area contributed by atoms with Crippen LogP contribution in [0.4, 0.5) is 0 Å². The minimum Gasteiger partial charge on any atom is -0.488 e. The van der Waals surface area contributed by atoms with Gasteiger partial charge < -0.3 is 9.64 Å². The van der Waals surface area contributed by atoms with Crippen LogP contribution in [-0.2, 0) is 0 Å². The Balaban J connectivity index is 1.54. The smallest absolute Gasteiger partial charge is 0.272 e. The van der Waals surface area contributed by atoms with E-state index in [2.05, 4.69) is 9.97 Å². The largest absolute Gasteiger partial charge is 0.488 e. The summed E-state index contributed by atoms with van der Waals surface area (Å²) in [5, 5.41) is 0. The Labute approximate surface area is 146 Å². The van der Waals surface area contributed by atoms with Crippen LogP contribution in [0.5, 0.6) is 5.75 Å². The number of ether oxygens (including phenoxy) is 1. The van der Waals surface area contributed by atoms with E-state index in [1.165, 1.54) is 0 Å². The zero-order chi connectivity index (χ0) is 17.2. The zero-order valence-electron chi connectivity index (χ0n) is 14.1. The van der Waals surface area contributed by atoms with Crippen molar-refractivity contribution >= 4 is 11.6 Å². The molecule has 4 heterocycles. The van der Waals surface area contributed by atoms with Crippen LogP contribution in [0.25, 0.3) is 5.65 Å². The maximum absolute atomic E-state index is 13.1. The minimum atomic E-state index is -0.000378. The number of nitrogens with zero attached hydrogens (tertiary/aromatic N) is 4. The van der Waals surface area contributed by atoms with Crippen molar-refractivity contribution in [3.8, 4) is 5.75 Å². The van der Waals surface area contributed by atoms with Gasteiger partial charge in [0.15, 0.2) is 0 Å². The number of hydrogen-bond donors (Lipinski definition) is 0. The second-order valence-corrected chi connectivity index (χ2v) is 6.29. The number of aromatic nitrogens is 3. The van der Waals surface area contributed by atoms with Crippen molar-refractivity contribution in [1.82, 2.24) is 19.3 Å². The maximum atomic E-state index is 13.1. The highest BCUT2D eigenvalue weighted by molar-refractivity contribution is 5.94. The molecule has 0 spiro atoms. The summed E-state index contributed by atoms with van der Waals surface area (Å²) in [6, 6.07) is 9.44. The lowest BCUT2D eigenvalue weighted by Gasteiger charge is -2.32. The Kier molecular flexibility index (Phi) is 4.09. The first-order chi connectivity index (χ1) is 12.2. The number of carbonyl (C=O) groups excluding carboxylic acids is 1. The number of aryl methyl sites for hydroxylation is 1. The molecule has 1 aliphatic rings. The highest BCUT2D eigenvalue weighted by Crippen LogP contribution is 2.21. The van der Waals surface area contributed by atoms with Gasteiger partial charge in [0.1, 0.15) is 23.2 Å². The molecule has 0 bridgehead atoms. The van der Waals surface area contributed by atoms with Gasteiger partial charge in [-0.2, -0.15) is 0 Å². The van der Waals surface area contributed by atoms with Crippen molar-refractivity contribution < 1.29 is 9.53 Å². The molecule has 0 radical (unpaired) electrons. The van der Waals surface area contributed by atoms with E-state index in [4.69, 9.17) is 4.74 Å². The lowest BCUT2D eigenvalue weighted by Crippen LogP contribution is -2.44. The molecule has 0 saturated carbocycles. The summed E-state index contributed by atoms with van der Waals surface area (Å²) in [6.07, 6.45) is 7.18. The van der Waals surface area contributed by atoms with Crippen molar-refractivity contribution in [2.45, 2.75) is 25.9 Å². The van der Waals surface area contributed by atoms with E-state index in [0.717, 1.165) is 36.5 Å². The fourth-order valence-corrected chi connectivity index (χ4v) is 3.35. The van der Waals surface area contributed by atoms with E-state index < -0.39 is 0 Å². The molecule has 1 aliphatic heterocycles. The van der Waals surface area contributed by atoms with Crippen LogP contribution in [0.2, 0.25) is 0 Å². The fourth-order valence-electron chi connectivity index (χ4n) is 3.35. The fraction of sp³-hybridized carbons (Fsp3) is 0.316. The summed E-state index contributed by atoms with van der Waals surface area (Å²) in [5.41, 5.74) is 2.19. The number of likely N-dealkylation sites (tertiary alicyclic amines) is 1. The normalized spacial score (nSPS) is 17.6. The van der Waals surface area contributed by atoms with Crippen molar-refractivity contribution in [3.63, 3.8) is 0 Å². The van der Waals surface area contributed by atoms with Crippen molar-refractivity contribution in [2.75, 3.05) is 13.1 Å². The average molecular weight is 336 g/mol. The summed E-state index contributed by atoms with van der Waals surface area (Å²) in [5.74, 6) is 0.805. The van der Waals surface area contributed by atoms with Crippen LogP contribution in [0.3, 0.4) is 0 Å². The highest BCUT2D eigenvalue weighted by atomic mass is 16.5. The molecule has 25 heavy (non-hydrogen) atoms. The Bertz CT molecular complexity index is 891. The van der Waals surface area contributed by atoms with Gasteiger partial charge >= 0.3 is 0 Å². The van der Waals surface area contributed by atoms with Gasteiger partial charge in [-0.05, 0) is 44.0 Å². The van der Waals surface area contributed by atoms with Gasteiger partial charge in [-0.3, -0.25) is 14.2 Å². The molecule has 128 valence electrons. The molecule has 1 unspecified atom stereocenters. The molecule has 0 aromatic carbocycles. The topological polar surface area (TPSA) is 59.7 Å². The summed E-state index contributed by atoms with van der Waals surface area (Å²) < 4.78 is 7.88. The number of piperidine rings is 1. The molecule has 0 N–H and O–H groups in total. The first-order valence-electron chi connectivity index (χ1n) is 8.52. The predicted octanol–water partition coefficient (Wildman–Crippen LogP) is 2.72. The molecule has 3 aromatic heterocycles. The van der Waals surface area contributed by atoms with Gasteiger partial charge in [-0.25, -0.2) is 4.98 Å². The van der Waals surface area contributed by atoms with Crippen molar-refractivity contribution in [3.05, 3.63) is 60.3 Å². The lowest BCUT2D eigenvalue weighted by molar-refractivity contribution is 0.0531. The van der Waals surface area contributed by atoms with Gasteiger partial charge in [0.05, 0.1) is 12.2 Å². The third kappa shape index (κ3) is 3.07. The standard InChI is InChI=1S/C19H20N4O2/c1-14-18(23-12-3-2-6-17(23)21-14)19(24)22-11-4-5-16(13-22)25-15-7-9-20-10-8-15/h2-3,6-10,12,16H,4-5,11,13H2,1H3. The molecular formula is C19H20N4O2. The number of rotatable bonds is 3. The summed E-state index contributed by atoms with van der Waals surface area (Å²) in [4.78, 5) is 23.5. The summed E-state index contributed by atoms with van der Waals surface area (Å²) >= 11 is 0. The number of imidazole rings is 1. The molecule has 6 nitrogen and oxygen atoms in total. The Hall–Kier alpha value is -2.89. The van der Waals surface area contributed by atoms with E-state index in [1.54, 1.807) is 12.4 Å². The van der Waals surface area contributed by atoms with E-state index in [9.17, 15) is 4.79 Å². The van der Waals surface area contributed by atoms with Crippen LogP contribution in [-0.4, -0.2) is 44.4 Å². The number of carbonyl (C=O) groups is 1. The lowest BCUT2D eigenvalue weighted by atomic mass is 10.1. The first-order valence-corrected chi connectivity index (χ1v) is 8.52. The molecule has 1 fully saturated rings. The minimum absolute atomic E-state index is 0.000378. The molecule has 6 heteroatoms. The molecule has 1 amide bonds. The number of fused-ring (bicyclic) bond motifs is 1. The highest BCUT2D eigenvalue weighted by Gasteiger charge is 2.28. The molecule has 4 rings (SSSR count). The Morgan fingerprint density at radius 1 is 1.24 bits per heavy atom. The van der Waals surface area contributed by atoms with Gasteiger partial charge in [0.25, 0.3) is 5.91 Å². The quantitative estimate of drug-likeness (QED) is 0.738. The molecule has 1 atom stereocenters. The second-order valence-electron chi connectivity index (χ2n) is 6.29. The first kappa shape index (κ1) is 15.6. The average Bonchev–Trinajstić information content (AvgIpc) is 2.98. The summed E-state index contributed by atoms with van der Waals surface area (Å²) in [6.45, 7) is 3.21. The zero-order valence-corrected chi connectivity index (χ0v) is 14.1. The van der Waals surface area contributed by atoms with E-state index in [1.807, 2.05) is 52.8 Å². The van der Waals surface area contributed by atoms with Crippen molar-refractivity contribution in [2.24, 2.45) is 0 Å². The van der Waals surface area contributed by atoms with Crippen LogP contribution in [0.1, 0.15) is 29.0 Å². The van der Waals surface area contributed by atoms with Gasteiger partial charge in [0.2, 0.25) is 0 Å². The third-order valence-corrected chi connectivity index (χ3v) is 4.52. The van der Waals surface area contributed by atoms with Gasteiger partial charge in [-0.1, -0.05) is 6.07 Å². The molecule has 0 aliphatic carbocycles. The molecular weight excluding hydrogens is 316 g/mol. The van der Waals surface area contributed by atoms with E-state index in [0.29, 0.717) is 12.2 Å². The second kappa shape index (κ2) is 6.55. The molecule has 1 saturated heterocycles. The van der Waals surface area contributed by atoms with E-state index >= 15 is 0 Å². The van der Waals surface area contributed by atoms with E-state index in [-0.39, 0.29) is 12.0 Å². The van der Waals surface area contributed by atoms with Crippen LogP contribution in [0.15, 0.2) is 48.9 Å². The number of hydrogen-bond acceptors (Lipinski definition) is 4. The maximum Gasteiger partial charge on any atom is 0.272 e. The SMILES string of the molecule is Cc1nc2ccccn2c1C(=O)N1CCCC(Oc2ccncc2)C1. The molecule has 3 aromatic rings. The van der Waals surface area contributed by atoms with Crippen LogP contribution < -0.4 is 4.74 Å². The predicted molar refractivity (Wildman–Crippen MR) is 93.7 cm³/mol. The Morgan fingerprint density at radius 3 is 2.92 bits per heavy atom. The summed E-state index contributed by atoms with van der Waals surface area (Å²) in [7, 11) is 0.